The van der Waals surface area contributed by atoms with Gasteiger partial charge in [-0.05, 0) is 41.2 Å². The van der Waals surface area contributed by atoms with Gasteiger partial charge in [0.1, 0.15) is 16.7 Å². The van der Waals surface area contributed by atoms with E-state index in [1.165, 1.54) is 28.0 Å². The van der Waals surface area contributed by atoms with Crippen LogP contribution in [0.2, 0.25) is 0 Å². The molecule has 0 radical (unpaired) electrons. The fourth-order valence-corrected chi connectivity index (χ4v) is 3.33. The molecule has 0 amide bonds. The number of Topliss-reactive ketones (excluding diaryl/α,β-unsaturated/α-hetero) is 1. The van der Waals surface area contributed by atoms with Crippen LogP contribution in [0.15, 0.2) is 24.2 Å². The molecule has 0 fully saturated rings. The van der Waals surface area contributed by atoms with Gasteiger partial charge in [-0.2, -0.15) is 19.8 Å². The van der Waals surface area contributed by atoms with Gasteiger partial charge in [0.25, 0.3) is 0 Å². The third kappa shape index (κ3) is 20.1. The van der Waals surface area contributed by atoms with Gasteiger partial charge in [0.05, 0.1) is 39.2 Å². The summed E-state index contributed by atoms with van der Waals surface area (Å²) in [6.45, 7) is 14.1. The van der Waals surface area contributed by atoms with Crippen molar-refractivity contribution in [2.24, 2.45) is 19.8 Å². The van der Waals surface area contributed by atoms with Crippen LogP contribution in [0, 0.1) is 0 Å². The summed E-state index contributed by atoms with van der Waals surface area (Å²) in [5, 5.41) is 7.71. The normalized spacial score (nSPS) is 9.58. The zero-order chi connectivity index (χ0) is 40.8. The molecule has 52 heavy (non-hydrogen) atoms. The Bertz CT molecular complexity index is 1410. The maximum atomic E-state index is 11.6. The summed E-state index contributed by atoms with van der Waals surface area (Å²) in [7, 11) is 6.69. The average molecular weight is 741 g/mol. The molecule has 19 nitrogen and oxygen atoms in total. The number of hydrogen-bond acceptors (Lipinski definition) is 17. The summed E-state index contributed by atoms with van der Waals surface area (Å²) >= 11 is 0. The molecule has 2 heterocycles. The number of aryl methyl sites for hydroxylation is 2. The van der Waals surface area contributed by atoms with Gasteiger partial charge in [-0.1, -0.05) is 13.8 Å². The average Bonchev–Trinajstić information content (AvgIpc) is 3.68. The lowest BCUT2D eigenvalue weighted by Gasteiger charge is -2.09. The van der Waals surface area contributed by atoms with Crippen molar-refractivity contribution in [3.63, 3.8) is 0 Å². The van der Waals surface area contributed by atoms with E-state index in [1.54, 1.807) is 74.6 Å². The van der Waals surface area contributed by atoms with Gasteiger partial charge in [-0.25, -0.2) is 24.0 Å². The summed E-state index contributed by atoms with van der Waals surface area (Å²) in [4.78, 5) is 86.7. The number of ketones is 1. The van der Waals surface area contributed by atoms with Crippen LogP contribution in [-0.2, 0) is 57.0 Å². The first kappa shape index (κ1) is 50.7. The van der Waals surface area contributed by atoms with E-state index < -0.39 is 29.8 Å². The Morgan fingerprint density at radius 2 is 1.17 bits per heavy atom. The Morgan fingerprint density at radius 1 is 0.750 bits per heavy atom. The Balaban J connectivity index is -0.000000643. The molecule has 2 aromatic rings. The van der Waals surface area contributed by atoms with E-state index in [9.17, 15) is 28.8 Å². The van der Waals surface area contributed by atoms with Crippen molar-refractivity contribution in [2.45, 2.75) is 54.9 Å². The van der Waals surface area contributed by atoms with Crippen LogP contribution in [0.4, 0.5) is 0 Å². The summed E-state index contributed by atoms with van der Waals surface area (Å²) in [6.07, 6.45) is 4.77. The van der Waals surface area contributed by atoms with Crippen LogP contribution in [-0.4, -0.2) is 120 Å². The molecule has 2 rings (SSSR count). The highest BCUT2D eigenvalue weighted by Crippen LogP contribution is 2.11. The fourth-order valence-electron chi connectivity index (χ4n) is 3.33. The molecule has 2 aromatic heterocycles. The van der Waals surface area contributed by atoms with E-state index in [1.807, 2.05) is 6.92 Å². The number of aromatic nitrogens is 4. The van der Waals surface area contributed by atoms with E-state index in [0.29, 0.717) is 6.42 Å². The Labute approximate surface area is 303 Å². The topological polar surface area (TPSA) is 248 Å². The van der Waals surface area contributed by atoms with E-state index in [-0.39, 0.29) is 73.1 Å². The molecular formula is C33H52N6O13. The molecule has 2 N–H and O–H groups in total. The lowest BCUT2D eigenvalue weighted by Crippen LogP contribution is -2.18. The first-order valence-corrected chi connectivity index (χ1v) is 16.1. The molecule has 0 spiro atoms. The van der Waals surface area contributed by atoms with Gasteiger partial charge in [-0.15, -0.1) is 0 Å². The third-order valence-electron chi connectivity index (χ3n) is 5.20. The number of esters is 5. The highest BCUT2D eigenvalue weighted by molar-refractivity contribution is 6.17. The molecule has 19 heteroatoms. The Kier molecular flexibility index (Phi) is 29.4. The summed E-state index contributed by atoms with van der Waals surface area (Å²) in [6, 6.07) is 0. The predicted octanol–water partition coefficient (Wildman–Crippen LogP) is 1.90. The van der Waals surface area contributed by atoms with Crippen molar-refractivity contribution < 1.29 is 62.0 Å². The largest absolute Gasteiger partial charge is 0.462 e. The minimum Gasteiger partial charge on any atom is -0.462 e. The van der Waals surface area contributed by atoms with Gasteiger partial charge in [-0.3, -0.25) is 14.2 Å². The molecule has 0 bridgehead atoms. The number of ether oxygens (including phenoxy) is 5. The molecular weight excluding hydrogens is 688 g/mol. The molecule has 292 valence electrons. The van der Waals surface area contributed by atoms with Crippen molar-refractivity contribution >= 4 is 41.8 Å². The highest BCUT2D eigenvalue weighted by Gasteiger charge is 2.24. The smallest absolute Gasteiger partial charge is 0.373 e. The van der Waals surface area contributed by atoms with Gasteiger partial charge in [0.2, 0.25) is 0 Å². The maximum absolute atomic E-state index is 11.6. The molecule has 0 aliphatic rings. The molecule has 0 unspecified atom stereocenters. The van der Waals surface area contributed by atoms with Crippen molar-refractivity contribution in [1.29, 1.82) is 0 Å². The van der Waals surface area contributed by atoms with Crippen LogP contribution in [0.5, 0.6) is 0 Å². The number of nitrogens with two attached hydrogens (primary N) is 1. The summed E-state index contributed by atoms with van der Waals surface area (Å²) in [5.74, 6) is -3.08. The Morgan fingerprint density at radius 3 is 1.60 bits per heavy atom. The number of carbonyl (C=O) groups is 6. The van der Waals surface area contributed by atoms with E-state index >= 15 is 0 Å². The first-order valence-electron chi connectivity index (χ1n) is 16.1. The number of hydrogen-bond donors (Lipinski definition) is 1. The second-order valence-corrected chi connectivity index (χ2v) is 9.47. The minimum atomic E-state index is -0.619. The third-order valence-corrected chi connectivity index (χ3v) is 5.20. The minimum absolute atomic E-state index is 0.0113. The number of nitrogens with zero attached hydrogens (tertiary/aromatic N) is 5. The van der Waals surface area contributed by atoms with Crippen LogP contribution in [0.1, 0.15) is 96.6 Å². The quantitative estimate of drug-likeness (QED) is 0.101. The van der Waals surface area contributed by atoms with Gasteiger partial charge in [0.15, 0.2) is 17.2 Å². The zero-order valence-electron chi connectivity index (χ0n) is 31.8. The van der Waals surface area contributed by atoms with Gasteiger partial charge in [0, 0.05) is 47.0 Å². The van der Waals surface area contributed by atoms with Crippen molar-refractivity contribution in [2.75, 3.05) is 53.7 Å². The maximum Gasteiger partial charge on any atom is 0.373 e. The molecule has 0 aromatic carbocycles. The number of rotatable bonds is 13. The molecule has 0 atom stereocenters. The summed E-state index contributed by atoms with van der Waals surface area (Å²) < 4.78 is 26.7. The molecule has 0 aliphatic heterocycles. The number of carbonyl (C=O) groups excluding carboxylic acids is 8. The lowest BCUT2D eigenvalue weighted by molar-refractivity contribution is -0.191. The second kappa shape index (κ2) is 30.2. The van der Waals surface area contributed by atoms with E-state index in [0.717, 1.165) is 6.54 Å². The van der Waals surface area contributed by atoms with Gasteiger partial charge >= 0.3 is 36.0 Å². The van der Waals surface area contributed by atoms with Crippen LogP contribution in [0.25, 0.3) is 0 Å². The highest BCUT2D eigenvalue weighted by atomic mass is 16.5. The van der Waals surface area contributed by atoms with Crippen LogP contribution in [0.3, 0.4) is 0 Å². The monoisotopic (exact) mass is 740 g/mol. The predicted molar refractivity (Wildman–Crippen MR) is 184 cm³/mol. The van der Waals surface area contributed by atoms with E-state index in [2.05, 4.69) is 10.2 Å². The first-order chi connectivity index (χ1) is 24.6. The molecule has 0 saturated heterocycles. The second-order valence-electron chi connectivity index (χ2n) is 9.47. The molecule has 0 saturated carbocycles. The van der Waals surface area contributed by atoms with Crippen molar-refractivity contribution in [3.8, 4) is 0 Å². The van der Waals surface area contributed by atoms with Crippen molar-refractivity contribution in [1.82, 2.24) is 24.5 Å². The molecule has 0 aliphatic carbocycles. The van der Waals surface area contributed by atoms with Gasteiger partial charge < -0.3 is 34.3 Å². The SMILES string of the molecule is CCN.CCOC(=O)C(=CN(C)C)C(=O)CC.CCOC(=O)c1cn(C)nc1C(=O)OCC.CCOC(=O)c1cnn(C)c1C(=O)OCC.O=C=O. The fraction of sp³-hybridized carbons (Fsp3) is 0.545. The van der Waals surface area contributed by atoms with E-state index in [4.69, 9.17) is 39.0 Å². The summed E-state index contributed by atoms with van der Waals surface area (Å²) in [5.41, 5.74) is 5.31. The van der Waals surface area contributed by atoms with Crippen LogP contribution < -0.4 is 5.73 Å². The van der Waals surface area contributed by atoms with Crippen LogP contribution >= 0.6 is 0 Å². The standard InChI is InChI=1S/2C10H14N2O4.C10H17NO3.C2H7N.CO2/c1-4-15-9(13)7-6-12(3)11-8(7)10(14)16-5-2;1-4-15-9(13)7-6-11-12(3)8(7)10(14)16-5-2;1-5-9(12)8(7-11(3)4)10(13)14-6-2;1-2-3;2-1-3/h2*6H,4-5H2,1-3H3;7H,5-6H2,1-4H3;2-3H2,1H3;. The lowest BCUT2D eigenvalue weighted by atomic mass is 10.1. The zero-order valence-corrected chi connectivity index (χ0v) is 31.8. The van der Waals surface area contributed by atoms with Crippen molar-refractivity contribution in [3.05, 3.63) is 46.7 Å². The Hall–Kier alpha value is -5.68.